The third kappa shape index (κ3) is 1.26. The van der Waals surface area contributed by atoms with Gasteiger partial charge in [-0.2, -0.15) is 0 Å². The first kappa shape index (κ1) is 8.97. The van der Waals surface area contributed by atoms with Gasteiger partial charge in [-0.3, -0.25) is 0 Å². The van der Waals surface area contributed by atoms with Gasteiger partial charge in [0, 0.05) is 22.9 Å². The number of rotatable bonds is 0. The Balaban J connectivity index is 2.51. The molecule has 0 atom stereocenters. The Bertz CT molecular complexity index is 692. The normalized spacial score (nSPS) is 11.0. The Labute approximate surface area is 91.6 Å². The predicted molar refractivity (Wildman–Crippen MR) is 62.6 cm³/mol. The van der Waals surface area contributed by atoms with E-state index in [1.54, 1.807) is 6.07 Å². The third-order valence-corrected chi connectivity index (χ3v) is 2.60. The van der Waals surface area contributed by atoms with E-state index in [1.807, 2.05) is 30.3 Å². The van der Waals surface area contributed by atoms with Crippen LogP contribution < -0.4 is 0 Å². The SMILES string of the molecule is Oc1cc(O)c2cc3ccccc3nc2c1. The molecule has 0 unspecified atom stereocenters. The highest BCUT2D eigenvalue weighted by Crippen LogP contribution is 2.30. The second-order valence-corrected chi connectivity index (χ2v) is 3.71. The lowest BCUT2D eigenvalue weighted by molar-refractivity contribution is 0.455. The Morgan fingerprint density at radius 2 is 1.69 bits per heavy atom. The van der Waals surface area contributed by atoms with Crippen LogP contribution in [0.15, 0.2) is 42.5 Å². The molecule has 1 heterocycles. The molecule has 1 aromatic heterocycles. The Hall–Kier alpha value is -2.29. The number of aromatic hydroxyl groups is 2. The largest absolute Gasteiger partial charge is 0.508 e. The maximum absolute atomic E-state index is 9.71. The van der Waals surface area contributed by atoms with Crippen molar-refractivity contribution in [1.82, 2.24) is 4.98 Å². The van der Waals surface area contributed by atoms with E-state index in [9.17, 15) is 10.2 Å². The summed E-state index contributed by atoms with van der Waals surface area (Å²) in [6.07, 6.45) is 0. The number of hydrogen-bond donors (Lipinski definition) is 2. The van der Waals surface area contributed by atoms with E-state index in [4.69, 9.17) is 0 Å². The van der Waals surface area contributed by atoms with E-state index >= 15 is 0 Å². The molecule has 0 fully saturated rings. The van der Waals surface area contributed by atoms with Gasteiger partial charge in [0.15, 0.2) is 0 Å². The molecule has 3 nitrogen and oxygen atoms in total. The summed E-state index contributed by atoms with van der Waals surface area (Å²) in [6, 6.07) is 12.4. The number of phenolic OH excluding ortho intramolecular Hbond substituents is 2. The Kier molecular flexibility index (Phi) is 1.74. The van der Waals surface area contributed by atoms with Gasteiger partial charge in [0.2, 0.25) is 0 Å². The van der Waals surface area contributed by atoms with Crippen molar-refractivity contribution < 1.29 is 10.2 Å². The van der Waals surface area contributed by atoms with Crippen molar-refractivity contribution in [2.75, 3.05) is 0 Å². The highest BCUT2D eigenvalue weighted by Gasteiger charge is 2.05. The number of phenols is 2. The van der Waals surface area contributed by atoms with Gasteiger partial charge in [-0.25, -0.2) is 4.98 Å². The highest BCUT2D eigenvalue weighted by atomic mass is 16.3. The number of nitrogens with zero attached hydrogens (tertiary/aromatic N) is 1. The van der Waals surface area contributed by atoms with E-state index in [0.29, 0.717) is 10.9 Å². The number of hydrogen-bond acceptors (Lipinski definition) is 3. The summed E-state index contributed by atoms with van der Waals surface area (Å²) in [5, 5.41) is 20.7. The molecule has 2 N–H and O–H groups in total. The molecule has 0 saturated carbocycles. The van der Waals surface area contributed by atoms with E-state index in [-0.39, 0.29) is 11.5 Å². The van der Waals surface area contributed by atoms with Crippen molar-refractivity contribution in [2.45, 2.75) is 0 Å². The van der Waals surface area contributed by atoms with Crippen molar-refractivity contribution in [3.8, 4) is 11.5 Å². The van der Waals surface area contributed by atoms with Crippen LogP contribution in [0, 0.1) is 0 Å². The molecular weight excluding hydrogens is 202 g/mol. The van der Waals surface area contributed by atoms with Crippen molar-refractivity contribution in [1.29, 1.82) is 0 Å². The molecule has 16 heavy (non-hydrogen) atoms. The fourth-order valence-electron chi connectivity index (χ4n) is 1.85. The predicted octanol–water partition coefficient (Wildman–Crippen LogP) is 2.80. The molecule has 3 heteroatoms. The van der Waals surface area contributed by atoms with Crippen LogP contribution in [-0.4, -0.2) is 15.2 Å². The average Bonchev–Trinajstić information content (AvgIpc) is 2.27. The van der Waals surface area contributed by atoms with Gasteiger partial charge in [0.05, 0.1) is 11.0 Å². The molecule has 2 aromatic carbocycles. The third-order valence-electron chi connectivity index (χ3n) is 2.60. The topological polar surface area (TPSA) is 53.4 Å². The lowest BCUT2D eigenvalue weighted by Crippen LogP contribution is -1.82. The highest BCUT2D eigenvalue weighted by molar-refractivity contribution is 5.96. The maximum atomic E-state index is 9.71. The van der Waals surface area contributed by atoms with Gasteiger partial charge in [-0.15, -0.1) is 0 Å². The standard InChI is InChI=1S/C13H9NO2/c15-9-6-12-10(13(16)7-9)5-8-3-1-2-4-11(8)14-12/h1-7,15-16H. The summed E-state index contributed by atoms with van der Waals surface area (Å²) in [5.41, 5.74) is 1.44. The van der Waals surface area contributed by atoms with Crippen LogP contribution in [0.5, 0.6) is 11.5 Å². The van der Waals surface area contributed by atoms with Gasteiger partial charge >= 0.3 is 0 Å². The van der Waals surface area contributed by atoms with Crippen molar-refractivity contribution in [2.24, 2.45) is 0 Å². The fourth-order valence-corrected chi connectivity index (χ4v) is 1.85. The van der Waals surface area contributed by atoms with Gasteiger partial charge < -0.3 is 10.2 Å². The average molecular weight is 211 g/mol. The Morgan fingerprint density at radius 3 is 2.56 bits per heavy atom. The molecule has 3 rings (SSSR count). The number of aromatic nitrogens is 1. The summed E-state index contributed by atoms with van der Waals surface area (Å²) in [5.74, 6) is 0.0704. The molecular formula is C13H9NO2. The van der Waals surface area contributed by atoms with Crippen LogP contribution in [0.3, 0.4) is 0 Å². The second kappa shape index (κ2) is 3.10. The zero-order chi connectivity index (χ0) is 11.1. The first-order chi connectivity index (χ1) is 7.74. The summed E-state index contributed by atoms with van der Waals surface area (Å²) >= 11 is 0. The number of fused-ring (bicyclic) bond motifs is 2. The molecule has 3 aromatic rings. The van der Waals surface area contributed by atoms with Gasteiger partial charge in [0.25, 0.3) is 0 Å². The summed E-state index contributed by atoms with van der Waals surface area (Å²) in [7, 11) is 0. The number of para-hydroxylation sites is 1. The molecule has 0 radical (unpaired) electrons. The summed E-state index contributed by atoms with van der Waals surface area (Å²) in [4.78, 5) is 4.38. The zero-order valence-electron chi connectivity index (χ0n) is 8.38. The molecule has 0 saturated heterocycles. The van der Waals surface area contributed by atoms with E-state index in [0.717, 1.165) is 10.9 Å². The van der Waals surface area contributed by atoms with E-state index < -0.39 is 0 Å². The molecule has 0 bridgehead atoms. The first-order valence-corrected chi connectivity index (χ1v) is 4.95. The van der Waals surface area contributed by atoms with Crippen LogP contribution >= 0.6 is 0 Å². The van der Waals surface area contributed by atoms with E-state index in [1.165, 1.54) is 6.07 Å². The van der Waals surface area contributed by atoms with Crippen molar-refractivity contribution >= 4 is 21.8 Å². The minimum absolute atomic E-state index is 0.0211. The van der Waals surface area contributed by atoms with Crippen molar-refractivity contribution in [3.63, 3.8) is 0 Å². The smallest absolute Gasteiger partial charge is 0.128 e. The zero-order valence-corrected chi connectivity index (χ0v) is 8.38. The molecule has 0 spiro atoms. The monoisotopic (exact) mass is 211 g/mol. The van der Waals surface area contributed by atoms with Gasteiger partial charge in [-0.05, 0) is 12.1 Å². The molecule has 0 amide bonds. The maximum Gasteiger partial charge on any atom is 0.128 e. The van der Waals surface area contributed by atoms with Crippen LogP contribution in [0.2, 0.25) is 0 Å². The Morgan fingerprint density at radius 1 is 0.875 bits per heavy atom. The minimum Gasteiger partial charge on any atom is -0.508 e. The molecule has 78 valence electrons. The summed E-state index contributed by atoms with van der Waals surface area (Å²) < 4.78 is 0. The van der Waals surface area contributed by atoms with Crippen LogP contribution in [0.1, 0.15) is 0 Å². The lowest BCUT2D eigenvalue weighted by atomic mass is 10.1. The molecule has 0 aliphatic heterocycles. The van der Waals surface area contributed by atoms with Crippen LogP contribution in [0.4, 0.5) is 0 Å². The second-order valence-electron chi connectivity index (χ2n) is 3.71. The van der Waals surface area contributed by atoms with Gasteiger partial charge in [-0.1, -0.05) is 18.2 Å². The first-order valence-electron chi connectivity index (χ1n) is 4.95. The quantitative estimate of drug-likeness (QED) is 0.562. The van der Waals surface area contributed by atoms with E-state index in [2.05, 4.69) is 4.98 Å². The van der Waals surface area contributed by atoms with Gasteiger partial charge in [0.1, 0.15) is 11.5 Å². The van der Waals surface area contributed by atoms with Crippen LogP contribution in [0.25, 0.3) is 21.8 Å². The lowest BCUT2D eigenvalue weighted by Gasteiger charge is -2.04. The minimum atomic E-state index is 0.0211. The number of benzene rings is 2. The molecule has 0 aliphatic rings. The molecule has 0 aliphatic carbocycles. The fraction of sp³-hybridized carbons (Fsp3) is 0. The summed E-state index contributed by atoms with van der Waals surface area (Å²) in [6.45, 7) is 0. The van der Waals surface area contributed by atoms with Crippen molar-refractivity contribution in [3.05, 3.63) is 42.5 Å². The number of pyridine rings is 1. The van der Waals surface area contributed by atoms with Crippen LogP contribution in [-0.2, 0) is 0 Å².